The molecule has 90 valence electrons. The number of aliphatic hydroxyl groups excluding tert-OH is 1. The van der Waals surface area contributed by atoms with Gasteiger partial charge in [0, 0.05) is 25.0 Å². The summed E-state index contributed by atoms with van der Waals surface area (Å²) in [5.41, 5.74) is 1.07. The second-order valence-electron chi connectivity index (χ2n) is 4.68. The molecule has 0 aromatic carbocycles. The van der Waals surface area contributed by atoms with Gasteiger partial charge in [-0.1, -0.05) is 19.3 Å². The molecule has 16 heavy (non-hydrogen) atoms. The van der Waals surface area contributed by atoms with Gasteiger partial charge in [-0.15, -0.1) is 0 Å². The fourth-order valence-electron chi connectivity index (χ4n) is 2.42. The Labute approximate surface area is 96.5 Å². The number of aromatic amines is 1. The third kappa shape index (κ3) is 3.32. The lowest BCUT2D eigenvalue weighted by Gasteiger charge is -2.26. The Balaban J connectivity index is 1.65. The van der Waals surface area contributed by atoms with Crippen LogP contribution in [0.25, 0.3) is 0 Å². The van der Waals surface area contributed by atoms with Gasteiger partial charge in [0.1, 0.15) is 0 Å². The number of hydrogen-bond donors (Lipinski definition) is 3. The molecule has 1 heterocycles. The highest BCUT2D eigenvalue weighted by atomic mass is 16.3. The molecule has 1 aliphatic carbocycles. The molecule has 1 aliphatic rings. The predicted octanol–water partition coefficient (Wildman–Crippen LogP) is 1.44. The zero-order valence-corrected chi connectivity index (χ0v) is 9.65. The second-order valence-corrected chi connectivity index (χ2v) is 4.68. The number of aliphatic hydroxyl groups is 1. The Morgan fingerprint density at radius 2 is 2.25 bits per heavy atom. The highest BCUT2D eigenvalue weighted by molar-refractivity contribution is 4.96. The van der Waals surface area contributed by atoms with E-state index in [4.69, 9.17) is 0 Å². The molecule has 0 aliphatic heterocycles. The molecule has 1 fully saturated rings. The van der Waals surface area contributed by atoms with E-state index < -0.39 is 0 Å². The highest BCUT2D eigenvalue weighted by Crippen LogP contribution is 2.26. The van der Waals surface area contributed by atoms with Gasteiger partial charge < -0.3 is 10.4 Å². The Hall–Kier alpha value is -0.870. The van der Waals surface area contributed by atoms with Crippen molar-refractivity contribution < 1.29 is 5.11 Å². The average Bonchev–Trinajstić information content (AvgIpc) is 2.83. The molecule has 1 unspecified atom stereocenters. The number of nitrogens with zero attached hydrogens (tertiary/aromatic N) is 1. The van der Waals surface area contributed by atoms with Gasteiger partial charge in [-0.3, -0.25) is 5.10 Å². The van der Waals surface area contributed by atoms with Crippen molar-refractivity contribution in [1.29, 1.82) is 0 Å². The van der Waals surface area contributed by atoms with Crippen LogP contribution in [0.15, 0.2) is 12.3 Å². The van der Waals surface area contributed by atoms with Crippen LogP contribution in [-0.2, 0) is 6.54 Å². The van der Waals surface area contributed by atoms with E-state index in [2.05, 4.69) is 15.5 Å². The first-order chi connectivity index (χ1) is 7.86. The number of rotatable bonds is 5. The van der Waals surface area contributed by atoms with E-state index in [1.54, 1.807) is 6.20 Å². The van der Waals surface area contributed by atoms with E-state index in [1.165, 1.54) is 32.1 Å². The minimum atomic E-state index is -0.191. The summed E-state index contributed by atoms with van der Waals surface area (Å²) in [7, 11) is 0. The molecule has 0 bridgehead atoms. The first kappa shape index (κ1) is 11.6. The van der Waals surface area contributed by atoms with Crippen LogP contribution in [0, 0.1) is 5.92 Å². The zero-order valence-electron chi connectivity index (χ0n) is 9.65. The maximum atomic E-state index is 10.0. The quantitative estimate of drug-likeness (QED) is 0.708. The summed E-state index contributed by atoms with van der Waals surface area (Å²) in [6.45, 7) is 1.44. The van der Waals surface area contributed by atoms with Crippen LogP contribution in [-0.4, -0.2) is 28.0 Å². The van der Waals surface area contributed by atoms with Crippen molar-refractivity contribution in [3.05, 3.63) is 18.0 Å². The van der Waals surface area contributed by atoms with Gasteiger partial charge in [0.2, 0.25) is 0 Å². The van der Waals surface area contributed by atoms with Gasteiger partial charge in [-0.25, -0.2) is 0 Å². The fourth-order valence-corrected chi connectivity index (χ4v) is 2.42. The maximum Gasteiger partial charge on any atom is 0.0692 e. The molecule has 1 aromatic heterocycles. The van der Waals surface area contributed by atoms with Crippen molar-refractivity contribution >= 4 is 0 Å². The van der Waals surface area contributed by atoms with Gasteiger partial charge in [0.05, 0.1) is 6.10 Å². The van der Waals surface area contributed by atoms with Crippen molar-refractivity contribution in [2.24, 2.45) is 5.92 Å². The Kier molecular flexibility index (Phi) is 4.36. The zero-order chi connectivity index (χ0) is 11.2. The molecule has 3 N–H and O–H groups in total. The Morgan fingerprint density at radius 1 is 1.44 bits per heavy atom. The van der Waals surface area contributed by atoms with Gasteiger partial charge in [-0.2, -0.15) is 5.10 Å². The summed E-state index contributed by atoms with van der Waals surface area (Å²) in [5, 5.41) is 20.1. The maximum absolute atomic E-state index is 10.0. The molecular weight excluding hydrogens is 202 g/mol. The molecule has 1 aromatic rings. The summed E-state index contributed by atoms with van der Waals surface area (Å²) in [6, 6.07) is 1.94. The van der Waals surface area contributed by atoms with Crippen LogP contribution in [0.1, 0.15) is 37.8 Å². The van der Waals surface area contributed by atoms with Crippen LogP contribution in [0.5, 0.6) is 0 Å². The van der Waals surface area contributed by atoms with Crippen LogP contribution >= 0.6 is 0 Å². The molecule has 0 spiro atoms. The molecule has 4 nitrogen and oxygen atoms in total. The number of hydrogen-bond acceptors (Lipinski definition) is 3. The standard InChI is InChI=1S/C12H21N3O/c16-12(10-4-2-1-3-5-10)9-13-8-11-6-7-14-15-11/h6-7,10,12-13,16H,1-5,8-9H2,(H,14,15). The highest BCUT2D eigenvalue weighted by Gasteiger charge is 2.20. The lowest BCUT2D eigenvalue weighted by atomic mass is 9.85. The summed E-state index contributed by atoms with van der Waals surface area (Å²) >= 11 is 0. The van der Waals surface area contributed by atoms with Gasteiger partial charge in [0.15, 0.2) is 0 Å². The van der Waals surface area contributed by atoms with Crippen molar-refractivity contribution in [3.63, 3.8) is 0 Å². The molecular formula is C12H21N3O. The van der Waals surface area contributed by atoms with Crippen LogP contribution < -0.4 is 5.32 Å². The predicted molar refractivity (Wildman–Crippen MR) is 62.9 cm³/mol. The van der Waals surface area contributed by atoms with Crippen molar-refractivity contribution in [2.45, 2.75) is 44.8 Å². The van der Waals surface area contributed by atoms with E-state index in [1.807, 2.05) is 6.07 Å². The molecule has 1 saturated carbocycles. The number of H-pyrrole nitrogens is 1. The molecule has 0 radical (unpaired) electrons. The molecule has 4 heteroatoms. The van der Waals surface area contributed by atoms with E-state index in [0.29, 0.717) is 12.5 Å². The average molecular weight is 223 g/mol. The minimum Gasteiger partial charge on any atom is -0.392 e. The summed E-state index contributed by atoms with van der Waals surface area (Å²) in [6.07, 6.45) is 7.83. The number of aromatic nitrogens is 2. The Bertz CT molecular complexity index is 280. The first-order valence-electron chi connectivity index (χ1n) is 6.23. The van der Waals surface area contributed by atoms with Gasteiger partial charge >= 0.3 is 0 Å². The normalized spacial score (nSPS) is 19.8. The van der Waals surface area contributed by atoms with E-state index in [9.17, 15) is 5.11 Å². The van der Waals surface area contributed by atoms with Crippen LogP contribution in [0.3, 0.4) is 0 Å². The van der Waals surface area contributed by atoms with Crippen molar-refractivity contribution in [3.8, 4) is 0 Å². The van der Waals surface area contributed by atoms with Gasteiger partial charge in [-0.05, 0) is 24.8 Å². The lowest BCUT2D eigenvalue weighted by molar-refractivity contribution is 0.0838. The van der Waals surface area contributed by atoms with Crippen molar-refractivity contribution in [1.82, 2.24) is 15.5 Å². The lowest BCUT2D eigenvalue weighted by Crippen LogP contribution is -2.33. The summed E-state index contributed by atoms with van der Waals surface area (Å²) in [4.78, 5) is 0. The molecule has 1 atom stereocenters. The SMILES string of the molecule is OC(CNCc1ccn[nH]1)C1CCCCC1. The molecule has 0 amide bonds. The molecule has 0 saturated heterocycles. The smallest absolute Gasteiger partial charge is 0.0692 e. The minimum absolute atomic E-state index is 0.191. The number of nitrogens with one attached hydrogen (secondary N) is 2. The van der Waals surface area contributed by atoms with Crippen LogP contribution in [0.4, 0.5) is 0 Å². The Morgan fingerprint density at radius 3 is 2.94 bits per heavy atom. The van der Waals surface area contributed by atoms with Gasteiger partial charge in [0.25, 0.3) is 0 Å². The first-order valence-corrected chi connectivity index (χ1v) is 6.23. The monoisotopic (exact) mass is 223 g/mol. The van der Waals surface area contributed by atoms with Crippen LogP contribution in [0.2, 0.25) is 0 Å². The third-order valence-electron chi connectivity index (χ3n) is 3.42. The second kappa shape index (κ2) is 6.01. The third-order valence-corrected chi connectivity index (χ3v) is 3.42. The largest absolute Gasteiger partial charge is 0.392 e. The van der Waals surface area contributed by atoms with E-state index >= 15 is 0 Å². The summed E-state index contributed by atoms with van der Waals surface area (Å²) < 4.78 is 0. The summed E-state index contributed by atoms with van der Waals surface area (Å²) in [5.74, 6) is 0.503. The van der Waals surface area contributed by atoms with E-state index in [-0.39, 0.29) is 6.10 Å². The van der Waals surface area contributed by atoms with E-state index in [0.717, 1.165) is 12.2 Å². The fraction of sp³-hybridized carbons (Fsp3) is 0.750. The topological polar surface area (TPSA) is 60.9 Å². The van der Waals surface area contributed by atoms with Crippen molar-refractivity contribution in [2.75, 3.05) is 6.54 Å². The molecule has 2 rings (SSSR count).